The Morgan fingerprint density at radius 3 is 2.78 bits per heavy atom. The smallest absolute Gasteiger partial charge is 0.293 e. The van der Waals surface area contributed by atoms with Gasteiger partial charge in [0.1, 0.15) is 5.82 Å². The zero-order chi connectivity index (χ0) is 22.5. The highest BCUT2D eigenvalue weighted by molar-refractivity contribution is 8.18. The van der Waals surface area contributed by atoms with E-state index in [1.165, 1.54) is 41.7 Å². The third-order valence-electron chi connectivity index (χ3n) is 4.51. The van der Waals surface area contributed by atoms with Gasteiger partial charge in [0.15, 0.2) is 0 Å². The van der Waals surface area contributed by atoms with Crippen molar-refractivity contribution in [3.63, 3.8) is 0 Å². The molecule has 1 aromatic carbocycles. The first-order valence-electron chi connectivity index (χ1n) is 9.62. The van der Waals surface area contributed by atoms with Crippen LogP contribution in [0.1, 0.15) is 17.9 Å². The van der Waals surface area contributed by atoms with Gasteiger partial charge in [-0.2, -0.15) is 16.3 Å². The number of nitrogens with one attached hydrogen (secondary N) is 1. The second-order valence-electron chi connectivity index (χ2n) is 6.76. The minimum absolute atomic E-state index is 0.0556. The number of hydrogen-bond donors (Lipinski definition) is 1. The van der Waals surface area contributed by atoms with Gasteiger partial charge in [-0.05, 0) is 47.0 Å². The topological polar surface area (TPSA) is 105 Å². The summed E-state index contributed by atoms with van der Waals surface area (Å²) in [6.07, 6.45) is 1.96. The lowest BCUT2D eigenvalue weighted by atomic mass is 10.2. The lowest BCUT2D eigenvalue weighted by Gasteiger charge is -2.12. The molecule has 3 aromatic rings. The quantitative estimate of drug-likeness (QED) is 0.498. The molecule has 3 heterocycles. The summed E-state index contributed by atoms with van der Waals surface area (Å²) in [5, 5.41) is 9.97. The summed E-state index contributed by atoms with van der Waals surface area (Å²) in [7, 11) is 0. The average Bonchev–Trinajstić information content (AvgIpc) is 3.51. The van der Waals surface area contributed by atoms with Crippen LogP contribution in [-0.4, -0.2) is 45.2 Å². The number of aryl methyl sites for hydroxylation is 1. The number of halogens is 1. The Morgan fingerprint density at radius 2 is 2.03 bits per heavy atom. The van der Waals surface area contributed by atoms with E-state index in [1.54, 1.807) is 0 Å². The molecule has 1 fully saturated rings. The summed E-state index contributed by atoms with van der Waals surface area (Å²) in [5.74, 6) is -0.236. The van der Waals surface area contributed by atoms with Gasteiger partial charge in [-0.3, -0.25) is 19.3 Å². The molecule has 1 saturated heterocycles. The Hall–Kier alpha value is -3.31. The zero-order valence-electron chi connectivity index (χ0n) is 16.6. The lowest BCUT2D eigenvalue weighted by Crippen LogP contribution is -2.37. The van der Waals surface area contributed by atoms with Gasteiger partial charge in [-0.25, -0.2) is 4.39 Å². The van der Waals surface area contributed by atoms with Crippen LogP contribution in [0.15, 0.2) is 50.5 Å². The summed E-state index contributed by atoms with van der Waals surface area (Å²) >= 11 is 2.34. The number of amides is 3. The Morgan fingerprint density at radius 1 is 1.22 bits per heavy atom. The molecule has 1 aliphatic rings. The maximum Gasteiger partial charge on any atom is 0.293 e. The predicted octanol–water partition coefficient (Wildman–Crippen LogP) is 3.72. The van der Waals surface area contributed by atoms with Gasteiger partial charge in [-0.15, -0.1) is 0 Å². The molecule has 11 heteroatoms. The molecule has 2 aromatic heterocycles. The van der Waals surface area contributed by atoms with E-state index >= 15 is 0 Å². The van der Waals surface area contributed by atoms with Crippen LogP contribution >= 0.6 is 23.1 Å². The molecule has 164 valence electrons. The summed E-state index contributed by atoms with van der Waals surface area (Å²) in [4.78, 5) is 42.3. The van der Waals surface area contributed by atoms with Crippen molar-refractivity contribution < 1.29 is 23.3 Å². The average molecular weight is 473 g/mol. The van der Waals surface area contributed by atoms with Gasteiger partial charge in [0, 0.05) is 36.9 Å². The normalized spacial score (nSPS) is 15.0. The van der Waals surface area contributed by atoms with Gasteiger partial charge in [-0.1, -0.05) is 17.3 Å². The minimum Gasteiger partial charge on any atom is -0.354 e. The molecule has 0 radical (unpaired) electrons. The fraction of sp³-hybridized carbons (Fsp3) is 0.190. The van der Waals surface area contributed by atoms with E-state index in [9.17, 15) is 18.8 Å². The van der Waals surface area contributed by atoms with Crippen molar-refractivity contribution in [2.75, 3.05) is 13.1 Å². The molecule has 0 spiro atoms. The third kappa shape index (κ3) is 5.29. The SMILES string of the molecule is O=C(CCc1nc(-c2ccsc2)no1)NCCN1C(=O)S/C(=C\c2ccc(F)cc2)C1=O. The van der Waals surface area contributed by atoms with E-state index < -0.39 is 11.1 Å². The number of imide groups is 1. The number of carbonyl (C=O) groups excluding carboxylic acids is 3. The van der Waals surface area contributed by atoms with E-state index in [1.807, 2.05) is 16.8 Å². The Balaban J connectivity index is 1.23. The van der Waals surface area contributed by atoms with Crippen LogP contribution in [0.25, 0.3) is 17.5 Å². The van der Waals surface area contributed by atoms with Gasteiger partial charge < -0.3 is 9.84 Å². The fourth-order valence-electron chi connectivity index (χ4n) is 2.88. The Kier molecular flexibility index (Phi) is 6.76. The summed E-state index contributed by atoms with van der Waals surface area (Å²) in [6, 6.07) is 7.49. The van der Waals surface area contributed by atoms with Crippen molar-refractivity contribution in [2.24, 2.45) is 0 Å². The van der Waals surface area contributed by atoms with E-state index in [0.29, 0.717) is 17.3 Å². The predicted molar refractivity (Wildman–Crippen MR) is 118 cm³/mol. The number of hydrogen-bond acceptors (Lipinski definition) is 8. The fourth-order valence-corrected chi connectivity index (χ4v) is 4.38. The second kappa shape index (κ2) is 9.88. The lowest BCUT2D eigenvalue weighted by molar-refractivity contribution is -0.124. The number of carbonyl (C=O) groups is 3. The standard InChI is InChI=1S/C21H17FN4O4S2/c22-15-3-1-13(2-4-15)11-16-20(28)26(21(29)32-16)9-8-23-17(27)5-6-18-24-19(25-30-18)14-7-10-31-12-14/h1-4,7,10-12H,5-6,8-9H2,(H,23,27)/b16-11-. The Labute approximate surface area is 190 Å². The summed E-state index contributed by atoms with van der Waals surface area (Å²) < 4.78 is 18.2. The molecule has 3 amide bonds. The minimum atomic E-state index is -0.439. The number of thioether (sulfide) groups is 1. The second-order valence-corrected chi connectivity index (χ2v) is 8.53. The number of aromatic nitrogens is 2. The highest BCUT2D eigenvalue weighted by Crippen LogP contribution is 2.31. The van der Waals surface area contributed by atoms with Gasteiger partial charge in [0.05, 0.1) is 4.91 Å². The first-order valence-corrected chi connectivity index (χ1v) is 11.4. The van der Waals surface area contributed by atoms with Gasteiger partial charge in [0.2, 0.25) is 17.6 Å². The van der Waals surface area contributed by atoms with Crippen LogP contribution in [0.2, 0.25) is 0 Å². The van der Waals surface area contributed by atoms with Gasteiger partial charge in [0.25, 0.3) is 11.1 Å². The van der Waals surface area contributed by atoms with E-state index in [0.717, 1.165) is 22.2 Å². The maximum absolute atomic E-state index is 13.0. The van der Waals surface area contributed by atoms with Crippen LogP contribution < -0.4 is 5.32 Å². The highest BCUT2D eigenvalue weighted by atomic mass is 32.2. The summed E-state index contributed by atoms with van der Waals surface area (Å²) in [5.41, 5.74) is 1.48. The molecule has 1 aliphatic heterocycles. The van der Waals surface area contributed by atoms with Crippen molar-refractivity contribution in [2.45, 2.75) is 12.8 Å². The number of rotatable bonds is 8. The van der Waals surface area contributed by atoms with Crippen LogP contribution in [0.4, 0.5) is 9.18 Å². The molecule has 0 saturated carbocycles. The van der Waals surface area contributed by atoms with Crippen molar-refractivity contribution in [3.05, 3.63) is 63.3 Å². The monoisotopic (exact) mass is 472 g/mol. The maximum atomic E-state index is 13.0. The number of benzene rings is 1. The molecule has 8 nitrogen and oxygen atoms in total. The van der Waals surface area contributed by atoms with Crippen LogP contribution in [0, 0.1) is 5.82 Å². The third-order valence-corrected chi connectivity index (χ3v) is 6.10. The van der Waals surface area contributed by atoms with Crippen LogP contribution in [0.3, 0.4) is 0 Å². The molecular formula is C21H17FN4O4S2. The molecule has 0 aliphatic carbocycles. The first-order chi connectivity index (χ1) is 15.5. The van der Waals surface area contributed by atoms with Crippen molar-refractivity contribution in [3.8, 4) is 11.4 Å². The van der Waals surface area contributed by atoms with E-state index in [-0.39, 0.29) is 42.6 Å². The van der Waals surface area contributed by atoms with E-state index in [2.05, 4.69) is 15.5 Å². The molecule has 1 N–H and O–H groups in total. The largest absolute Gasteiger partial charge is 0.354 e. The Bertz CT molecular complexity index is 1160. The molecular weight excluding hydrogens is 455 g/mol. The van der Waals surface area contributed by atoms with E-state index in [4.69, 9.17) is 4.52 Å². The molecule has 4 rings (SSSR count). The molecule has 0 atom stereocenters. The zero-order valence-corrected chi connectivity index (χ0v) is 18.2. The van der Waals surface area contributed by atoms with Crippen LogP contribution in [0.5, 0.6) is 0 Å². The highest BCUT2D eigenvalue weighted by Gasteiger charge is 2.34. The van der Waals surface area contributed by atoms with Gasteiger partial charge >= 0.3 is 0 Å². The first kappa shape index (κ1) is 21.9. The summed E-state index contributed by atoms with van der Waals surface area (Å²) in [6.45, 7) is 0.185. The van der Waals surface area contributed by atoms with Crippen molar-refractivity contribution >= 4 is 46.2 Å². The molecule has 0 unspecified atom stereocenters. The molecule has 0 bridgehead atoms. The van der Waals surface area contributed by atoms with Crippen LogP contribution in [-0.2, 0) is 16.0 Å². The number of nitrogens with zero attached hydrogens (tertiary/aromatic N) is 3. The number of thiophene rings is 1. The molecule has 32 heavy (non-hydrogen) atoms. The van der Waals surface area contributed by atoms with Crippen molar-refractivity contribution in [1.82, 2.24) is 20.4 Å². The van der Waals surface area contributed by atoms with Crippen molar-refractivity contribution in [1.29, 1.82) is 0 Å².